The number of hydrogen-bond donors (Lipinski definition) is 2. The van der Waals surface area contributed by atoms with E-state index in [4.69, 9.17) is 18.1 Å². The van der Waals surface area contributed by atoms with Crippen LogP contribution >= 0.6 is 28.1 Å². The number of rotatable bonds is 1. The van der Waals surface area contributed by atoms with E-state index in [9.17, 15) is 0 Å². The molecule has 1 aromatic carbocycles. The van der Waals surface area contributed by atoms with E-state index in [-0.39, 0.29) is 0 Å². The van der Waals surface area contributed by atoms with Crippen molar-refractivity contribution in [3.63, 3.8) is 0 Å². The lowest BCUT2D eigenvalue weighted by molar-refractivity contribution is 1.05. The number of halogens is 1. The van der Waals surface area contributed by atoms with Gasteiger partial charge in [0.15, 0.2) is 0 Å². The fourth-order valence-corrected chi connectivity index (χ4v) is 1.09. The van der Waals surface area contributed by atoms with Gasteiger partial charge in [-0.15, -0.1) is 0 Å². The van der Waals surface area contributed by atoms with Gasteiger partial charge in [0.2, 0.25) is 0 Å². The first-order chi connectivity index (χ1) is 5.24. The molecule has 0 amide bonds. The smallest absolute Gasteiger partial charge is 0.120 e. The molecule has 0 atom stereocenters. The van der Waals surface area contributed by atoms with Gasteiger partial charge >= 0.3 is 0 Å². The van der Waals surface area contributed by atoms with Crippen molar-refractivity contribution in [3.8, 4) is 0 Å². The zero-order valence-corrected chi connectivity index (χ0v) is 8.08. The molecule has 4 heteroatoms. The van der Waals surface area contributed by atoms with Gasteiger partial charge in [-0.05, 0) is 12.1 Å². The minimum absolute atomic E-state index is 0.553. The average Bonchev–Trinajstić information content (AvgIpc) is 2.05. The summed E-state index contributed by atoms with van der Waals surface area (Å²) in [5.74, 6) is 5.14. The molecule has 2 nitrogen and oxygen atoms in total. The highest BCUT2D eigenvalue weighted by Gasteiger charge is 1.96. The highest BCUT2D eigenvalue weighted by atomic mass is 79.9. The molecule has 3 N–H and O–H groups in total. The van der Waals surface area contributed by atoms with Gasteiger partial charge in [-0.2, -0.15) is 0 Å². The third kappa shape index (κ3) is 2.25. The summed E-state index contributed by atoms with van der Waals surface area (Å²) in [6.45, 7) is 0. The SMILES string of the molecule is NNC(=S)c1ccc(Br)cc1. The van der Waals surface area contributed by atoms with Gasteiger partial charge in [-0.3, -0.25) is 0 Å². The van der Waals surface area contributed by atoms with Crippen LogP contribution in [0, 0.1) is 0 Å². The molecule has 0 heterocycles. The highest BCUT2D eigenvalue weighted by molar-refractivity contribution is 9.10. The van der Waals surface area contributed by atoms with E-state index in [0.717, 1.165) is 10.0 Å². The summed E-state index contributed by atoms with van der Waals surface area (Å²) < 4.78 is 1.03. The first-order valence-corrected chi connectivity index (χ1v) is 4.20. The quantitative estimate of drug-likeness (QED) is 0.438. The first kappa shape index (κ1) is 8.64. The summed E-state index contributed by atoms with van der Waals surface area (Å²) >= 11 is 8.24. The second-order valence-electron chi connectivity index (χ2n) is 1.98. The van der Waals surface area contributed by atoms with Crippen molar-refractivity contribution in [1.82, 2.24) is 5.43 Å². The van der Waals surface area contributed by atoms with Gasteiger partial charge in [0.25, 0.3) is 0 Å². The topological polar surface area (TPSA) is 38.0 Å². The van der Waals surface area contributed by atoms with Crippen LogP contribution in [0.1, 0.15) is 5.56 Å². The van der Waals surface area contributed by atoms with Crippen molar-refractivity contribution < 1.29 is 0 Å². The Morgan fingerprint density at radius 3 is 2.36 bits per heavy atom. The standard InChI is InChI=1S/C7H7BrN2S/c8-6-3-1-5(2-4-6)7(11)10-9/h1-4H,9H2,(H,10,11). The molecule has 0 aliphatic heterocycles. The van der Waals surface area contributed by atoms with Crippen LogP contribution in [0.25, 0.3) is 0 Å². The number of hydrogen-bond acceptors (Lipinski definition) is 2. The molecule has 0 unspecified atom stereocenters. The van der Waals surface area contributed by atoms with Crippen LogP contribution in [-0.4, -0.2) is 4.99 Å². The number of nitrogens with two attached hydrogens (primary N) is 1. The van der Waals surface area contributed by atoms with E-state index in [1.807, 2.05) is 24.3 Å². The summed E-state index contributed by atoms with van der Waals surface area (Å²) in [5, 5.41) is 0. The Hall–Kier alpha value is -0.450. The Balaban J connectivity index is 2.90. The molecule has 1 rings (SSSR count). The molecular formula is C7H7BrN2S. The van der Waals surface area contributed by atoms with Crippen LogP contribution in [0.2, 0.25) is 0 Å². The molecule has 0 spiro atoms. The maximum absolute atomic E-state index is 5.14. The van der Waals surface area contributed by atoms with Gasteiger partial charge in [0.1, 0.15) is 4.99 Å². The molecule has 0 aromatic heterocycles. The second kappa shape index (κ2) is 3.80. The van der Waals surface area contributed by atoms with Crippen molar-refractivity contribution >= 4 is 33.1 Å². The number of benzene rings is 1. The predicted octanol–water partition coefficient (Wildman–Crippen LogP) is 1.59. The Morgan fingerprint density at radius 1 is 1.36 bits per heavy atom. The van der Waals surface area contributed by atoms with Crippen LogP contribution in [0.4, 0.5) is 0 Å². The summed E-state index contributed by atoms with van der Waals surface area (Å²) in [7, 11) is 0. The lowest BCUT2D eigenvalue weighted by Gasteiger charge is -2.01. The van der Waals surface area contributed by atoms with Gasteiger partial charge in [-0.25, -0.2) is 5.84 Å². The summed E-state index contributed by atoms with van der Waals surface area (Å²) in [4.78, 5) is 0.553. The average molecular weight is 231 g/mol. The monoisotopic (exact) mass is 230 g/mol. The van der Waals surface area contributed by atoms with Crippen molar-refractivity contribution in [3.05, 3.63) is 34.3 Å². The van der Waals surface area contributed by atoms with Gasteiger partial charge in [-0.1, -0.05) is 40.3 Å². The van der Waals surface area contributed by atoms with E-state index in [2.05, 4.69) is 21.4 Å². The first-order valence-electron chi connectivity index (χ1n) is 3.00. The number of nitrogens with one attached hydrogen (secondary N) is 1. The van der Waals surface area contributed by atoms with Crippen LogP contribution in [0.15, 0.2) is 28.7 Å². The molecule has 0 saturated carbocycles. The van der Waals surface area contributed by atoms with Crippen molar-refractivity contribution in [2.24, 2.45) is 5.84 Å². The molecule has 0 saturated heterocycles. The summed E-state index contributed by atoms with van der Waals surface area (Å²) in [5.41, 5.74) is 3.34. The van der Waals surface area contributed by atoms with Gasteiger partial charge in [0, 0.05) is 10.0 Å². The second-order valence-corrected chi connectivity index (χ2v) is 3.30. The third-order valence-corrected chi connectivity index (χ3v) is 2.12. The predicted molar refractivity (Wildman–Crippen MR) is 53.2 cm³/mol. The normalized spacial score (nSPS) is 9.27. The Kier molecular flexibility index (Phi) is 2.99. The molecule has 0 fully saturated rings. The molecule has 0 bridgehead atoms. The molecule has 0 radical (unpaired) electrons. The van der Waals surface area contributed by atoms with Crippen molar-refractivity contribution in [1.29, 1.82) is 0 Å². The largest absolute Gasteiger partial charge is 0.314 e. The fraction of sp³-hybridized carbons (Fsp3) is 0. The van der Waals surface area contributed by atoms with E-state index in [0.29, 0.717) is 4.99 Å². The van der Waals surface area contributed by atoms with E-state index in [1.165, 1.54) is 0 Å². The van der Waals surface area contributed by atoms with Crippen LogP contribution in [0.3, 0.4) is 0 Å². The lowest BCUT2D eigenvalue weighted by atomic mass is 10.2. The zero-order chi connectivity index (χ0) is 8.27. The zero-order valence-electron chi connectivity index (χ0n) is 5.67. The molecule has 58 valence electrons. The Morgan fingerprint density at radius 2 is 1.91 bits per heavy atom. The van der Waals surface area contributed by atoms with Crippen LogP contribution < -0.4 is 11.3 Å². The lowest BCUT2D eigenvalue weighted by Crippen LogP contribution is -2.28. The minimum Gasteiger partial charge on any atom is -0.314 e. The van der Waals surface area contributed by atoms with E-state index < -0.39 is 0 Å². The summed E-state index contributed by atoms with van der Waals surface area (Å²) in [6.07, 6.45) is 0. The Labute approximate surface area is 78.9 Å². The minimum atomic E-state index is 0.553. The molecule has 0 aliphatic carbocycles. The number of thiocarbonyl (C=S) groups is 1. The fourth-order valence-electron chi connectivity index (χ4n) is 0.685. The molecule has 0 aliphatic rings. The maximum atomic E-state index is 5.14. The van der Waals surface area contributed by atoms with E-state index >= 15 is 0 Å². The van der Waals surface area contributed by atoms with Crippen molar-refractivity contribution in [2.45, 2.75) is 0 Å². The maximum Gasteiger partial charge on any atom is 0.120 e. The van der Waals surface area contributed by atoms with Crippen LogP contribution in [-0.2, 0) is 0 Å². The summed E-state index contributed by atoms with van der Waals surface area (Å²) in [6, 6.07) is 7.62. The Bertz CT molecular complexity index is 258. The van der Waals surface area contributed by atoms with Crippen molar-refractivity contribution in [2.75, 3.05) is 0 Å². The molecule has 11 heavy (non-hydrogen) atoms. The van der Waals surface area contributed by atoms with E-state index in [1.54, 1.807) is 0 Å². The van der Waals surface area contributed by atoms with Gasteiger partial charge < -0.3 is 5.43 Å². The highest BCUT2D eigenvalue weighted by Crippen LogP contribution is 2.10. The number of hydrazine groups is 1. The van der Waals surface area contributed by atoms with Gasteiger partial charge in [0.05, 0.1) is 0 Å². The molecular weight excluding hydrogens is 224 g/mol. The third-order valence-electron chi connectivity index (χ3n) is 1.24. The van der Waals surface area contributed by atoms with Crippen LogP contribution in [0.5, 0.6) is 0 Å². The molecule has 1 aromatic rings.